The van der Waals surface area contributed by atoms with Crippen molar-refractivity contribution in [2.24, 2.45) is 0 Å². The molecule has 166 valence electrons. The van der Waals surface area contributed by atoms with Crippen molar-refractivity contribution in [2.75, 3.05) is 23.0 Å². The van der Waals surface area contributed by atoms with Gasteiger partial charge in [-0.05, 0) is 55.5 Å². The van der Waals surface area contributed by atoms with Gasteiger partial charge in [-0.1, -0.05) is 11.8 Å². The first-order chi connectivity index (χ1) is 14.7. The van der Waals surface area contributed by atoms with Crippen molar-refractivity contribution >= 4 is 52.7 Å². The van der Waals surface area contributed by atoms with Gasteiger partial charge in [0.25, 0.3) is 11.7 Å². The van der Waals surface area contributed by atoms with Crippen LogP contribution in [0.2, 0.25) is 0 Å². The highest BCUT2D eigenvalue weighted by atomic mass is 32.2. The molecule has 2 rings (SSSR count). The van der Waals surface area contributed by atoms with Crippen molar-refractivity contribution < 1.29 is 32.3 Å². The van der Waals surface area contributed by atoms with Crippen LogP contribution in [0, 0.1) is 5.82 Å². The molecule has 0 saturated carbocycles. The number of carbonyl (C=O) groups excluding carboxylic acids is 3. The lowest BCUT2D eigenvalue weighted by Gasteiger charge is -2.12. The van der Waals surface area contributed by atoms with Crippen LogP contribution in [0.1, 0.15) is 6.92 Å². The van der Waals surface area contributed by atoms with E-state index in [1.54, 1.807) is 0 Å². The Labute approximate surface area is 185 Å². The number of thioether (sulfide) groups is 2. The third-order valence-corrected chi connectivity index (χ3v) is 5.48. The zero-order valence-electron chi connectivity index (χ0n) is 16.3. The number of hydrogen-bond donors (Lipinski definition) is 2. The Morgan fingerprint density at radius 1 is 0.935 bits per heavy atom. The molecule has 1 unspecified atom stereocenters. The molecule has 0 aliphatic heterocycles. The van der Waals surface area contributed by atoms with Gasteiger partial charge < -0.3 is 15.4 Å². The third-order valence-electron chi connectivity index (χ3n) is 3.63. The standard InChI is InChI=1S/C20H19F3N2O4S2/c1-12(30-11-18(27)25-14-4-2-13(21)3-5-14)19(28)29-10-17(26)24-15-6-8-16(9-7-15)31-20(22)23/h2-9,12,20H,10-11H2,1H3,(H,24,26)(H,25,27). The minimum Gasteiger partial charge on any atom is -0.455 e. The normalized spacial score (nSPS) is 11.6. The number of benzene rings is 2. The lowest BCUT2D eigenvalue weighted by molar-refractivity contribution is -0.146. The zero-order chi connectivity index (χ0) is 22.8. The van der Waals surface area contributed by atoms with E-state index < -0.39 is 35.3 Å². The first-order valence-corrected chi connectivity index (χ1v) is 10.8. The summed E-state index contributed by atoms with van der Waals surface area (Å²) in [5, 5.41) is 4.36. The summed E-state index contributed by atoms with van der Waals surface area (Å²) < 4.78 is 42.4. The van der Waals surface area contributed by atoms with Crippen LogP contribution in [-0.4, -0.2) is 41.2 Å². The van der Waals surface area contributed by atoms with E-state index in [9.17, 15) is 27.6 Å². The molecule has 0 aliphatic rings. The third kappa shape index (κ3) is 9.35. The fourth-order valence-electron chi connectivity index (χ4n) is 2.17. The summed E-state index contributed by atoms with van der Waals surface area (Å²) in [6.45, 7) is 1.01. The molecule has 0 saturated heterocycles. The Kier molecular flexibility index (Phi) is 9.73. The summed E-state index contributed by atoms with van der Waals surface area (Å²) in [5.41, 5.74) is 0.805. The topological polar surface area (TPSA) is 84.5 Å². The molecule has 0 radical (unpaired) electrons. The highest BCUT2D eigenvalue weighted by molar-refractivity contribution is 8.01. The molecule has 31 heavy (non-hydrogen) atoms. The Hall–Kier alpha value is -2.66. The van der Waals surface area contributed by atoms with Gasteiger partial charge in [0.2, 0.25) is 5.91 Å². The lowest BCUT2D eigenvalue weighted by atomic mass is 10.3. The number of nitrogens with one attached hydrogen (secondary N) is 2. The molecule has 11 heteroatoms. The minimum atomic E-state index is -2.53. The predicted molar refractivity (Wildman–Crippen MR) is 115 cm³/mol. The molecule has 0 aromatic heterocycles. The van der Waals surface area contributed by atoms with E-state index in [0.717, 1.165) is 11.8 Å². The molecular formula is C20H19F3N2O4S2. The van der Waals surface area contributed by atoms with E-state index in [4.69, 9.17) is 4.74 Å². The maximum absolute atomic E-state index is 12.9. The average molecular weight is 473 g/mol. The van der Waals surface area contributed by atoms with Gasteiger partial charge in [0.1, 0.15) is 11.1 Å². The van der Waals surface area contributed by atoms with Gasteiger partial charge in [0.05, 0.1) is 5.75 Å². The van der Waals surface area contributed by atoms with Crippen LogP contribution in [0.15, 0.2) is 53.4 Å². The summed E-state index contributed by atoms with van der Waals surface area (Å²) in [4.78, 5) is 36.1. The summed E-state index contributed by atoms with van der Waals surface area (Å²) in [6, 6.07) is 11.1. The van der Waals surface area contributed by atoms with Crippen LogP contribution in [0.4, 0.5) is 24.5 Å². The Morgan fingerprint density at radius 3 is 2.06 bits per heavy atom. The second kappa shape index (κ2) is 12.3. The molecule has 2 aromatic carbocycles. The Morgan fingerprint density at radius 2 is 1.48 bits per heavy atom. The van der Waals surface area contributed by atoms with Crippen LogP contribution >= 0.6 is 23.5 Å². The second-order valence-corrected chi connectivity index (χ2v) is 8.46. The first-order valence-electron chi connectivity index (χ1n) is 8.91. The fourth-order valence-corrected chi connectivity index (χ4v) is 3.35. The molecule has 0 heterocycles. The average Bonchev–Trinajstić information content (AvgIpc) is 2.73. The fraction of sp³-hybridized carbons (Fsp3) is 0.250. The van der Waals surface area contributed by atoms with Crippen molar-refractivity contribution in [3.05, 3.63) is 54.3 Å². The SMILES string of the molecule is CC(SCC(=O)Nc1ccc(F)cc1)C(=O)OCC(=O)Nc1ccc(SC(F)F)cc1. The number of rotatable bonds is 10. The van der Waals surface area contributed by atoms with E-state index in [0.29, 0.717) is 28.0 Å². The highest BCUT2D eigenvalue weighted by Crippen LogP contribution is 2.26. The van der Waals surface area contributed by atoms with Crippen molar-refractivity contribution in [1.82, 2.24) is 0 Å². The minimum absolute atomic E-state index is 0.0389. The molecule has 0 bridgehead atoms. The van der Waals surface area contributed by atoms with Crippen molar-refractivity contribution in [3.8, 4) is 0 Å². The number of halogens is 3. The second-order valence-electron chi connectivity index (χ2n) is 6.07. The van der Waals surface area contributed by atoms with E-state index in [2.05, 4.69) is 10.6 Å². The first kappa shape index (κ1) is 24.6. The summed E-state index contributed by atoms with van der Waals surface area (Å²) >= 11 is 1.41. The van der Waals surface area contributed by atoms with E-state index in [-0.39, 0.29) is 11.7 Å². The molecule has 2 N–H and O–H groups in total. The largest absolute Gasteiger partial charge is 0.455 e. The van der Waals surface area contributed by atoms with Gasteiger partial charge in [0, 0.05) is 16.3 Å². The number of hydrogen-bond acceptors (Lipinski definition) is 6. The smallest absolute Gasteiger partial charge is 0.319 e. The van der Waals surface area contributed by atoms with E-state index >= 15 is 0 Å². The summed E-state index contributed by atoms with van der Waals surface area (Å²) in [7, 11) is 0. The van der Waals surface area contributed by atoms with Gasteiger partial charge in [-0.3, -0.25) is 14.4 Å². The van der Waals surface area contributed by atoms with Gasteiger partial charge in [0.15, 0.2) is 6.61 Å². The van der Waals surface area contributed by atoms with Crippen LogP contribution in [0.25, 0.3) is 0 Å². The molecule has 1 atom stereocenters. The van der Waals surface area contributed by atoms with Gasteiger partial charge in [-0.15, -0.1) is 11.8 Å². The number of esters is 1. The number of anilines is 2. The molecule has 0 fully saturated rings. The maximum atomic E-state index is 12.9. The highest BCUT2D eigenvalue weighted by Gasteiger charge is 2.18. The monoisotopic (exact) mass is 472 g/mol. The van der Waals surface area contributed by atoms with E-state index in [1.165, 1.54) is 55.5 Å². The summed E-state index contributed by atoms with van der Waals surface area (Å²) in [5.74, 6) is -4.62. The number of ether oxygens (including phenoxy) is 1. The molecular weight excluding hydrogens is 453 g/mol. The van der Waals surface area contributed by atoms with Crippen molar-refractivity contribution in [3.63, 3.8) is 0 Å². The number of amides is 2. The number of carbonyl (C=O) groups is 3. The van der Waals surface area contributed by atoms with Crippen LogP contribution in [0.3, 0.4) is 0 Å². The molecule has 2 amide bonds. The van der Waals surface area contributed by atoms with Gasteiger partial charge in [-0.25, -0.2) is 4.39 Å². The van der Waals surface area contributed by atoms with E-state index in [1.807, 2.05) is 0 Å². The van der Waals surface area contributed by atoms with Crippen LogP contribution in [0.5, 0.6) is 0 Å². The molecule has 2 aromatic rings. The molecule has 0 spiro atoms. The molecule has 0 aliphatic carbocycles. The van der Waals surface area contributed by atoms with Gasteiger partial charge in [-0.2, -0.15) is 8.78 Å². The quantitative estimate of drug-likeness (QED) is 0.394. The zero-order valence-corrected chi connectivity index (χ0v) is 17.9. The predicted octanol–water partition coefficient (Wildman–Crippen LogP) is 4.38. The Balaban J connectivity index is 1.69. The van der Waals surface area contributed by atoms with Gasteiger partial charge >= 0.3 is 5.97 Å². The number of alkyl halides is 2. The van der Waals surface area contributed by atoms with Crippen LogP contribution < -0.4 is 10.6 Å². The van der Waals surface area contributed by atoms with Crippen molar-refractivity contribution in [2.45, 2.75) is 22.8 Å². The Bertz CT molecular complexity index is 896. The lowest BCUT2D eigenvalue weighted by Crippen LogP contribution is -2.26. The maximum Gasteiger partial charge on any atom is 0.319 e. The summed E-state index contributed by atoms with van der Waals surface area (Å²) in [6.07, 6.45) is 0. The molecule has 6 nitrogen and oxygen atoms in total. The van der Waals surface area contributed by atoms with Crippen molar-refractivity contribution in [1.29, 1.82) is 0 Å². The van der Waals surface area contributed by atoms with Crippen LogP contribution in [-0.2, 0) is 19.1 Å².